The number of carbonyl (C=O) groups excluding carboxylic acids is 1. The van der Waals surface area contributed by atoms with Crippen LogP contribution in [0.15, 0.2) is 59.6 Å². The number of aromatic nitrogens is 2. The van der Waals surface area contributed by atoms with Crippen molar-refractivity contribution in [2.24, 2.45) is 5.41 Å². The highest BCUT2D eigenvalue weighted by Gasteiger charge is 2.22. The largest absolute Gasteiger partial charge is 0.496 e. The van der Waals surface area contributed by atoms with Crippen molar-refractivity contribution in [1.82, 2.24) is 9.97 Å². The number of carbonyl (C=O) groups is 1. The maximum atomic E-state index is 15.4. The Balaban J connectivity index is 1.62. The van der Waals surface area contributed by atoms with E-state index in [1.165, 1.54) is 37.6 Å². The molecule has 1 amide bonds. The number of amides is 1. The molecule has 1 aromatic heterocycles. The summed E-state index contributed by atoms with van der Waals surface area (Å²) in [5.41, 5.74) is -0.0570. The number of anilines is 2. The number of fused-ring (bicyclic) bond motifs is 1. The van der Waals surface area contributed by atoms with Gasteiger partial charge >= 0.3 is 0 Å². The van der Waals surface area contributed by atoms with Crippen molar-refractivity contribution in [1.29, 1.82) is 0 Å². The van der Waals surface area contributed by atoms with Crippen molar-refractivity contribution in [3.63, 3.8) is 0 Å². The minimum atomic E-state index is -0.813. The second-order valence-electron chi connectivity index (χ2n) is 8.95. The molecule has 36 heavy (non-hydrogen) atoms. The van der Waals surface area contributed by atoms with Crippen molar-refractivity contribution >= 4 is 40.4 Å². The molecular weight excluding hydrogens is 489 g/mol. The van der Waals surface area contributed by atoms with Crippen LogP contribution in [0.5, 0.6) is 5.75 Å². The number of nitrogens with zero attached hydrogens (tertiary/aromatic N) is 2. The van der Waals surface area contributed by atoms with Gasteiger partial charge in [-0.15, -0.1) is 0 Å². The maximum Gasteiger partial charge on any atom is 0.232 e. The van der Waals surface area contributed by atoms with Gasteiger partial charge in [-0.05, 0) is 60.0 Å². The van der Waals surface area contributed by atoms with Crippen LogP contribution < -0.4 is 14.8 Å². The molecule has 0 fully saturated rings. The lowest BCUT2D eigenvalue weighted by molar-refractivity contribution is -0.123. The van der Waals surface area contributed by atoms with Gasteiger partial charge in [-0.3, -0.25) is 10.1 Å². The Morgan fingerprint density at radius 2 is 1.81 bits per heavy atom. The van der Waals surface area contributed by atoms with Crippen LogP contribution in [0, 0.1) is 22.9 Å². The fraction of sp³-hybridized carbons (Fsp3) is 0.192. The fourth-order valence-electron chi connectivity index (χ4n) is 3.27. The van der Waals surface area contributed by atoms with E-state index in [4.69, 9.17) is 4.74 Å². The van der Waals surface area contributed by atoms with Crippen LogP contribution in [0.3, 0.4) is 0 Å². The quantitative estimate of drug-likeness (QED) is 0.276. The molecule has 0 radical (unpaired) electrons. The Bertz CT molecular complexity index is 1460. The number of methoxy groups -OCH3 is 1. The maximum absolute atomic E-state index is 15.4. The lowest BCUT2D eigenvalue weighted by Crippen LogP contribution is -2.28. The molecule has 4 rings (SSSR count). The predicted octanol–water partition coefficient (Wildman–Crippen LogP) is 6.83. The molecule has 0 unspecified atom stereocenters. The van der Waals surface area contributed by atoms with Gasteiger partial charge in [0.1, 0.15) is 17.4 Å². The highest BCUT2D eigenvalue weighted by molar-refractivity contribution is 8.00. The number of ether oxygens (including phenoxy) is 1. The van der Waals surface area contributed by atoms with Gasteiger partial charge in [0.25, 0.3) is 0 Å². The standard InChI is InChI=1S/C26H23F3N4O2S/c1-26(2,3)24(34)32-25-30-13-15-11-14(5-8-18(15)31-25)22-17(28)7-9-19(23(22)29)33-36-21-12-16(27)6-10-20(21)35-4/h5-13,33H,1-4H3,(H,30,31,32,34). The van der Waals surface area contributed by atoms with E-state index in [0.717, 1.165) is 18.0 Å². The Labute approximate surface area is 210 Å². The highest BCUT2D eigenvalue weighted by atomic mass is 32.2. The summed E-state index contributed by atoms with van der Waals surface area (Å²) < 4.78 is 51.8. The van der Waals surface area contributed by atoms with Crippen LogP contribution in [0.2, 0.25) is 0 Å². The number of nitrogens with one attached hydrogen (secondary N) is 2. The van der Waals surface area contributed by atoms with E-state index in [1.807, 2.05) is 0 Å². The molecule has 0 aliphatic rings. The van der Waals surface area contributed by atoms with Gasteiger partial charge in [0.05, 0.1) is 28.8 Å². The first-order chi connectivity index (χ1) is 17.1. The summed E-state index contributed by atoms with van der Waals surface area (Å²) in [5.74, 6) is -1.72. The molecule has 1 heterocycles. The van der Waals surface area contributed by atoms with E-state index in [1.54, 1.807) is 39.0 Å². The van der Waals surface area contributed by atoms with E-state index in [2.05, 4.69) is 20.0 Å². The van der Waals surface area contributed by atoms with Crippen molar-refractivity contribution in [2.75, 3.05) is 17.1 Å². The molecule has 10 heteroatoms. The highest BCUT2D eigenvalue weighted by Crippen LogP contribution is 2.36. The third-order valence-electron chi connectivity index (χ3n) is 5.26. The molecule has 0 saturated heterocycles. The van der Waals surface area contributed by atoms with Crippen LogP contribution in [-0.4, -0.2) is 23.0 Å². The number of hydrogen-bond donors (Lipinski definition) is 2. The number of benzene rings is 3. The molecule has 0 saturated carbocycles. The van der Waals surface area contributed by atoms with Crippen molar-refractivity contribution in [2.45, 2.75) is 25.7 Å². The molecule has 0 atom stereocenters. The van der Waals surface area contributed by atoms with Crippen LogP contribution in [0.1, 0.15) is 20.8 Å². The zero-order chi connectivity index (χ0) is 26.0. The fourth-order valence-corrected chi connectivity index (χ4v) is 4.08. The topological polar surface area (TPSA) is 76.1 Å². The van der Waals surface area contributed by atoms with E-state index in [-0.39, 0.29) is 28.7 Å². The number of hydrogen-bond acceptors (Lipinski definition) is 6. The van der Waals surface area contributed by atoms with Gasteiger partial charge in [0, 0.05) is 17.0 Å². The van der Waals surface area contributed by atoms with E-state index >= 15 is 4.39 Å². The van der Waals surface area contributed by atoms with Crippen LogP contribution >= 0.6 is 11.9 Å². The smallest absolute Gasteiger partial charge is 0.232 e. The molecule has 186 valence electrons. The molecule has 3 aromatic carbocycles. The summed E-state index contributed by atoms with van der Waals surface area (Å²) in [6.07, 6.45) is 1.48. The monoisotopic (exact) mass is 512 g/mol. The summed E-state index contributed by atoms with van der Waals surface area (Å²) in [6, 6.07) is 11.1. The van der Waals surface area contributed by atoms with Gasteiger partial charge in [0.2, 0.25) is 11.9 Å². The van der Waals surface area contributed by atoms with Gasteiger partial charge in [0.15, 0.2) is 5.82 Å². The minimum absolute atomic E-state index is 0.0132. The van der Waals surface area contributed by atoms with Crippen molar-refractivity contribution < 1.29 is 22.7 Å². The molecule has 6 nitrogen and oxygen atoms in total. The molecule has 0 spiro atoms. The predicted molar refractivity (Wildman–Crippen MR) is 135 cm³/mol. The van der Waals surface area contributed by atoms with Crippen molar-refractivity contribution in [3.8, 4) is 16.9 Å². The normalized spacial score (nSPS) is 11.4. The summed E-state index contributed by atoms with van der Waals surface area (Å²) >= 11 is 0.941. The van der Waals surface area contributed by atoms with Crippen LogP contribution in [0.4, 0.5) is 24.8 Å². The summed E-state index contributed by atoms with van der Waals surface area (Å²) in [7, 11) is 1.44. The minimum Gasteiger partial charge on any atom is -0.496 e. The molecule has 0 aliphatic heterocycles. The summed E-state index contributed by atoms with van der Waals surface area (Å²) in [5, 5.41) is 3.20. The average molecular weight is 513 g/mol. The lowest BCUT2D eigenvalue weighted by atomic mass is 9.96. The van der Waals surface area contributed by atoms with Crippen LogP contribution in [-0.2, 0) is 4.79 Å². The van der Waals surface area contributed by atoms with Gasteiger partial charge in [-0.25, -0.2) is 23.1 Å². The third kappa shape index (κ3) is 5.38. The van der Waals surface area contributed by atoms with E-state index in [0.29, 0.717) is 21.5 Å². The van der Waals surface area contributed by atoms with Gasteiger partial charge < -0.3 is 9.46 Å². The SMILES string of the molecule is COc1ccc(F)cc1SNc1ccc(F)c(-c2ccc3nc(NC(=O)C(C)(C)C)ncc3c2)c1F. The van der Waals surface area contributed by atoms with Gasteiger partial charge in [-0.2, -0.15) is 0 Å². The molecule has 4 aromatic rings. The first-order valence-electron chi connectivity index (χ1n) is 10.9. The second kappa shape index (κ2) is 10.1. The lowest BCUT2D eigenvalue weighted by Gasteiger charge is -2.16. The van der Waals surface area contributed by atoms with Crippen LogP contribution in [0.25, 0.3) is 22.0 Å². The molecule has 2 N–H and O–H groups in total. The average Bonchev–Trinajstić information content (AvgIpc) is 2.83. The number of rotatable bonds is 6. The Kier molecular flexibility index (Phi) is 7.07. The zero-order valence-corrected chi connectivity index (χ0v) is 20.8. The Morgan fingerprint density at radius 3 is 2.53 bits per heavy atom. The molecule has 0 bridgehead atoms. The Morgan fingerprint density at radius 1 is 1.03 bits per heavy atom. The first kappa shape index (κ1) is 25.3. The molecular formula is C26H23F3N4O2S. The van der Waals surface area contributed by atoms with E-state index < -0.39 is 22.9 Å². The van der Waals surface area contributed by atoms with Crippen molar-refractivity contribution in [3.05, 3.63) is 72.2 Å². The Hall–Kier alpha value is -3.79. The number of halogens is 3. The summed E-state index contributed by atoms with van der Waals surface area (Å²) in [6.45, 7) is 5.32. The second-order valence-corrected chi connectivity index (χ2v) is 9.80. The first-order valence-corrected chi connectivity index (χ1v) is 11.7. The van der Waals surface area contributed by atoms with Gasteiger partial charge in [-0.1, -0.05) is 26.8 Å². The summed E-state index contributed by atoms with van der Waals surface area (Å²) in [4.78, 5) is 21.1. The van der Waals surface area contributed by atoms with E-state index in [9.17, 15) is 13.6 Å². The zero-order valence-electron chi connectivity index (χ0n) is 19.9. The molecule has 0 aliphatic carbocycles. The third-order valence-corrected chi connectivity index (χ3v) is 6.12.